The fraction of sp³-hybridized carbons (Fsp3) is 0.324. The van der Waals surface area contributed by atoms with Crippen molar-refractivity contribution in [2.45, 2.75) is 51.1 Å². The zero-order valence-corrected chi connectivity index (χ0v) is 27.5. The molecule has 3 unspecified atom stereocenters. The van der Waals surface area contributed by atoms with Crippen molar-refractivity contribution < 1.29 is 28.7 Å². The second kappa shape index (κ2) is 14.9. The first-order valence-electron chi connectivity index (χ1n) is 15.3. The third-order valence-corrected chi connectivity index (χ3v) is 9.25. The number of esters is 1. The lowest BCUT2D eigenvalue weighted by Gasteiger charge is -2.23. The molecule has 0 bridgehead atoms. The fourth-order valence-electron chi connectivity index (χ4n) is 5.36. The van der Waals surface area contributed by atoms with Gasteiger partial charge in [-0.2, -0.15) is 0 Å². The van der Waals surface area contributed by atoms with E-state index in [9.17, 15) is 19.2 Å². The van der Waals surface area contributed by atoms with E-state index >= 15 is 0 Å². The molecule has 0 spiro atoms. The van der Waals surface area contributed by atoms with Gasteiger partial charge in [-0.1, -0.05) is 38.1 Å². The summed E-state index contributed by atoms with van der Waals surface area (Å²) in [6, 6.07) is 11.0. The summed E-state index contributed by atoms with van der Waals surface area (Å²) >= 11 is 1.40. The molecule has 0 aliphatic heterocycles. The van der Waals surface area contributed by atoms with Crippen molar-refractivity contribution in [2.75, 3.05) is 20.8 Å². The van der Waals surface area contributed by atoms with Crippen LogP contribution in [0.25, 0.3) is 21.8 Å². The molecule has 13 heteroatoms. The number of carbonyl (C=O) groups excluding carboxylic acids is 4. The number of para-hydroxylation sites is 1. The maximum absolute atomic E-state index is 14.1. The molecule has 0 saturated heterocycles. The number of ether oxygens (including phenoxy) is 2. The Balaban J connectivity index is 1.45. The van der Waals surface area contributed by atoms with Crippen LogP contribution in [0.2, 0.25) is 0 Å². The Hall–Kier alpha value is -5.17. The molecule has 0 aliphatic rings. The van der Waals surface area contributed by atoms with Crippen LogP contribution >= 0.6 is 11.3 Å². The van der Waals surface area contributed by atoms with Crippen molar-refractivity contribution in [1.82, 2.24) is 30.9 Å². The highest BCUT2D eigenvalue weighted by atomic mass is 32.1. The summed E-state index contributed by atoms with van der Waals surface area (Å²) in [5.41, 5.74) is 3.43. The Morgan fingerprint density at radius 2 is 1.60 bits per heavy atom. The van der Waals surface area contributed by atoms with Crippen LogP contribution in [0.3, 0.4) is 0 Å². The molecule has 47 heavy (non-hydrogen) atoms. The van der Waals surface area contributed by atoms with Crippen molar-refractivity contribution in [3.05, 3.63) is 82.1 Å². The smallest absolute Gasteiger partial charge is 0.325 e. The molecule has 3 heterocycles. The molecule has 5 N–H and O–H groups in total. The summed E-state index contributed by atoms with van der Waals surface area (Å²) in [6.07, 6.45) is 4.64. The number of amides is 3. The lowest BCUT2D eigenvalue weighted by atomic mass is 10.0. The normalized spacial score (nSPS) is 13.1. The van der Waals surface area contributed by atoms with Gasteiger partial charge in [0, 0.05) is 58.3 Å². The Morgan fingerprint density at radius 3 is 2.36 bits per heavy atom. The van der Waals surface area contributed by atoms with Gasteiger partial charge in [-0.05, 0) is 35.7 Å². The molecule has 0 radical (unpaired) electrons. The Morgan fingerprint density at radius 1 is 0.894 bits per heavy atom. The molecular formula is C34H38N6O6S. The third-order valence-electron chi connectivity index (χ3n) is 8.17. The van der Waals surface area contributed by atoms with Crippen molar-refractivity contribution in [1.29, 1.82) is 0 Å². The summed E-state index contributed by atoms with van der Waals surface area (Å²) in [5.74, 6) is -1.51. The van der Waals surface area contributed by atoms with Crippen LogP contribution in [-0.2, 0) is 32.0 Å². The second-order valence-corrected chi connectivity index (χ2v) is 12.1. The number of nitrogens with one attached hydrogen (secondary N) is 5. The second-order valence-electron chi connectivity index (χ2n) is 11.2. The van der Waals surface area contributed by atoms with Crippen molar-refractivity contribution >= 4 is 56.8 Å². The summed E-state index contributed by atoms with van der Waals surface area (Å²) in [5, 5.41) is 12.5. The maximum atomic E-state index is 14.1. The van der Waals surface area contributed by atoms with Gasteiger partial charge in [0.2, 0.25) is 11.8 Å². The van der Waals surface area contributed by atoms with Crippen molar-refractivity contribution in [3.8, 4) is 5.75 Å². The molecule has 0 fully saturated rings. The standard InChI is InChI=1S/C34H38N6O6S/c1-5-19(2)34-40-27(18-47-34)33(44)39-26(13-20-15-35-23-10-7-6-9-22(20)23)32(43)38-25(31(42)37-17-29(41)46-4)14-21-16-36-24-11-8-12-28(45-3)30(21)24/h6-12,15-16,18-19,25-26,35-36H,5,13-14,17H2,1-4H3,(H,37,42)(H,38,43)(H,39,44). The molecule has 3 atom stereocenters. The number of thiazole rings is 1. The summed E-state index contributed by atoms with van der Waals surface area (Å²) < 4.78 is 10.2. The molecule has 12 nitrogen and oxygen atoms in total. The van der Waals surface area contributed by atoms with Gasteiger partial charge in [0.15, 0.2) is 0 Å². The Kier molecular flexibility index (Phi) is 10.6. The minimum atomic E-state index is -1.12. The predicted molar refractivity (Wildman–Crippen MR) is 180 cm³/mol. The summed E-state index contributed by atoms with van der Waals surface area (Å²) in [4.78, 5) is 63.8. The molecule has 3 amide bonds. The van der Waals surface area contributed by atoms with Crippen LogP contribution in [-0.4, -0.2) is 71.5 Å². The van der Waals surface area contributed by atoms with E-state index in [1.54, 1.807) is 24.9 Å². The maximum Gasteiger partial charge on any atom is 0.325 e. The Bertz CT molecular complexity index is 1890. The van der Waals surface area contributed by atoms with E-state index in [0.29, 0.717) is 11.3 Å². The lowest BCUT2D eigenvalue weighted by Crippen LogP contribution is -2.55. The first kappa shape index (κ1) is 33.2. The van der Waals surface area contributed by atoms with Gasteiger partial charge in [0.1, 0.15) is 30.1 Å². The zero-order chi connectivity index (χ0) is 33.5. The van der Waals surface area contributed by atoms with Gasteiger partial charge < -0.3 is 35.4 Å². The minimum absolute atomic E-state index is 0.0667. The lowest BCUT2D eigenvalue weighted by molar-refractivity contribution is -0.141. The van der Waals surface area contributed by atoms with Crippen LogP contribution in [0.1, 0.15) is 52.8 Å². The third kappa shape index (κ3) is 7.63. The van der Waals surface area contributed by atoms with E-state index < -0.39 is 35.8 Å². The largest absolute Gasteiger partial charge is 0.496 e. The fourth-order valence-corrected chi connectivity index (χ4v) is 6.30. The first-order valence-corrected chi connectivity index (χ1v) is 16.2. The monoisotopic (exact) mass is 658 g/mol. The van der Waals surface area contributed by atoms with Gasteiger partial charge in [-0.25, -0.2) is 4.98 Å². The van der Waals surface area contributed by atoms with Gasteiger partial charge in [0.05, 0.1) is 19.2 Å². The number of nitrogens with zero attached hydrogens (tertiary/aromatic N) is 1. The van der Waals surface area contributed by atoms with E-state index in [4.69, 9.17) is 4.74 Å². The molecule has 2 aromatic carbocycles. The van der Waals surface area contributed by atoms with Crippen LogP contribution in [0, 0.1) is 0 Å². The number of methoxy groups -OCH3 is 2. The molecule has 0 aliphatic carbocycles. The number of hydrogen-bond acceptors (Lipinski definition) is 8. The minimum Gasteiger partial charge on any atom is -0.496 e. The predicted octanol–water partition coefficient (Wildman–Crippen LogP) is 3.99. The topological polar surface area (TPSA) is 167 Å². The number of rotatable bonds is 14. The number of aromatic nitrogens is 3. The molecule has 5 aromatic rings. The van der Waals surface area contributed by atoms with E-state index in [2.05, 4.69) is 42.6 Å². The summed E-state index contributed by atoms with van der Waals surface area (Å²) in [7, 11) is 2.78. The van der Waals surface area contributed by atoms with Gasteiger partial charge in [-0.3, -0.25) is 19.2 Å². The van der Waals surface area contributed by atoms with Gasteiger partial charge >= 0.3 is 5.97 Å². The molecule has 0 saturated carbocycles. The van der Waals surface area contributed by atoms with E-state index in [-0.39, 0.29) is 31.0 Å². The van der Waals surface area contributed by atoms with Crippen LogP contribution < -0.4 is 20.7 Å². The van der Waals surface area contributed by atoms with Crippen LogP contribution in [0.4, 0.5) is 0 Å². The van der Waals surface area contributed by atoms with E-state index in [0.717, 1.165) is 38.8 Å². The average molecular weight is 659 g/mol. The quantitative estimate of drug-likeness (QED) is 0.113. The number of carbonyl (C=O) groups is 4. The molecule has 246 valence electrons. The van der Waals surface area contributed by atoms with E-state index in [1.807, 2.05) is 49.4 Å². The number of benzene rings is 2. The zero-order valence-electron chi connectivity index (χ0n) is 26.6. The van der Waals surface area contributed by atoms with Crippen molar-refractivity contribution in [2.24, 2.45) is 0 Å². The highest BCUT2D eigenvalue weighted by Crippen LogP contribution is 2.29. The molecule has 3 aromatic heterocycles. The number of aromatic amines is 2. The number of H-pyrrole nitrogens is 2. The van der Waals surface area contributed by atoms with Crippen molar-refractivity contribution in [3.63, 3.8) is 0 Å². The van der Waals surface area contributed by atoms with Crippen LogP contribution in [0.5, 0.6) is 5.75 Å². The number of fused-ring (bicyclic) bond motifs is 2. The highest BCUT2D eigenvalue weighted by molar-refractivity contribution is 7.09. The number of hydrogen-bond donors (Lipinski definition) is 5. The first-order chi connectivity index (χ1) is 22.7. The van der Waals surface area contributed by atoms with Gasteiger partial charge in [-0.15, -0.1) is 11.3 Å². The average Bonchev–Trinajstić information content (AvgIpc) is 3.85. The van der Waals surface area contributed by atoms with Gasteiger partial charge in [0.25, 0.3) is 5.91 Å². The van der Waals surface area contributed by atoms with E-state index in [1.165, 1.54) is 18.4 Å². The van der Waals surface area contributed by atoms with Crippen LogP contribution in [0.15, 0.2) is 60.2 Å². The molecular weight excluding hydrogens is 620 g/mol. The highest BCUT2D eigenvalue weighted by Gasteiger charge is 2.30. The Labute approximate surface area is 275 Å². The summed E-state index contributed by atoms with van der Waals surface area (Å²) in [6.45, 7) is 3.72. The SMILES string of the molecule is CCC(C)c1nc(C(=O)NC(Cc2c[nH]c3ccccc23)C(=O)NC(Cc2c[nH]c3cccc(OC)c23)C(=O)NCC(=O)OC)cs1. The molecule has 5 rings (SSSR count).